The Balaban J connectivity index is 1.54. The molecule has 0 bridgehead atoms. The van der Waals surface area contributed by atoms with E-state index in [-0.39, 0.29) is 0 Å². The summed E-state index contributed by atoms with van der Waals surface area (Å²) in [7, 11) is 0. The van der Waals surface area contributed by atoms with E-state index in [4.69, 9.17) is 5.10 Å². The number of aromatic nitrogens is 4. The molecule has 0 atom stereocenters. The molecular formula is C20H25N5. The van der Waals surface area contributed by atoms with Gasteiger partial charge < -0.3 is 5.32 Å². The van der Waals surface area contributed by atoms with Gasteiger partial charge in [-0.2, -0.15) is 10.2 Å². The lowest BCUT2D eigenvalue weighted by Gasteiger charge is -2.12. The molecular weight excluding hydrogens is 310 g/mol. The van der Waals surface area contributed by atoms with E-state index in [9.17, 15) is 0 Å². The van der Waals surface area contributed by atoms with Crippen LogP contribution < -0.4 is 5.32 Å². The van der Waals surface area contributed by atoms with E-state index in [1.54, 1.807) is 0 Å². The number of anilines is 2. The van der Waals surface area contributed by atoms with Crippen molar-refractivity contribution in [3.63, 3.8) is 0 Å². The summed E-state index contributed by atoms with van der Waals surface area (Å²) < 4.78 is 2.17. The van der Waals surface area contributed by atoms with Crippen LogP contribution in [-0.4, -0.2) is 20.0 Å². The Hall–Kier alpha value is -2.30. The molecule has 5 heteroatoms. The van der Waals surface area contributed by atoms with E-state index in [1.807, 2.05) is 0 Å². The third-order valence-electron chi connectivity index (χ3n) is 5.51. The largest absolute Gasteiger partial charge is 0.338 e. The van der Waals surface area contributed by atoms with Gasteiger partial charge in [0.15, 0.2) is 5.82 Å². The minimum Gasteiger partial charge on any atom is -0.338 e. The zero-order chi connectivity index (χ0) is 17.0. The fraction of sp³-hybridized carbons (Fsp3) is 0.500. The van der Waals surface area contributed by atoms with Gasteiger partial charge in [0.05, 0.1) is 11.2 Å². The smallest absolute Gasteiger partial charge is 0.155 e. The van der Waals surface area contributed by atoms with Crippen molar-refractivity contribution in [3.8, 4) is 0 Å². The average Bonchev–Trinajstić information content (AvgIpc) is 3.27. The molecule has 1 aromatic carbocycles. The second kappa shape index (κ2) is 5.61. The van der Waals surface area contributed by atoms with Gasteiger partial charge in [0.1, 0.15) is 0 Å². The summed E-state index contributed by atoms with van der Waals surface area (Å²) in [6.07, 6.45) is 7.32. The number of nitrogens with zero attached hydrogens (tertiary/aromatic N) is 3. The Morgan fingerprint density at radius 2 is 2.04 bits per heavy atom. The van der Waals surface area contributed by atoms with Crippen LogP contribution in [0.4, 0.5) is 11.5 Å². The number of nitrogens with one attached hydrogen (secondary N) is 2. The van der Waals surface area contributed by atoms with Crippen LogP contribution in [0.3, 0.4) is 0 Å². The van der Waals surface area contributed by atoms with Crippen LogP contribution in [0.1, 0.15) is 68.4 Å². The summed E-state index contributed by atoms with van der Waals surface area (Å²) in [5.74, 6) is 1.66. The lowest BCUT2D eigenvalue weighted by atomic mass is 9.97. The minimum atomic E-state index is 0.364. The molecule has 25 heavy (non-hydrogen) atoms. The number of benzene rings is 1. The predicted octanol–water partition coefficient (Wildman–Crippen LogP) is 4.84. The lowest BCUT2D eigenvalue weighted by molar-refractivity contribution is 0.544. The van der Waals surface area contributed by atoms with Crippen molar-refractivity contribution < 1.29 is 0 Å². The normalized spacial score (nSPS) is 17.2. The molecule has 2 aliphatic carbocycles. The van der Waals surface area contributed by atoms with E-state index < -0.39 is 0 Å². The monoisotopic (exact) mass is 335 g/mol. The van der Waals surface area contributed by atoms with Gasteiger partial charge in [0.25, 0.3) is 0 Å². The van der Waals surface area contributed by atoms with Gasteiger partial charge in [0, 0.05) is 34.3 Å². The highest BCUT2D eigenvalue weighted by atomic mass is 15.3. The Kier molecular flexibility index (Phi) is 3.37. The standard InChI is InChI=1S/C20H25N5/c1-12(2)25-18-11-14(9-10-16(18)19(24-25)13-7-8-13)21-20-15-5-3-4-6-17(15)22-23-20/h9-13H,3-8H2,1-2H3,(H2,21,22,23). The molecule has 5 rings (SSSR count). The highest BCUT2D eigenvalue weighted by molar-refractivity contribution is 5.87. The zero-order valence-electron chi connectivity index (χ0n) is 15.0. The summed E-state index contributed by atoms with van der Waals surface area (Å²) in [4.78, 5) is 0. The molecule has 2 aliphatic rings. The van der Waals surface area contributed by atoms with Crippen molar-refractivity contribution in [1.82, 2.24) is 20.0 Å². The molecule has 1 saturated carbocycles. The van der Waals surface area contributed by atoms with Crippen molar-refractivity contribution in [3.05, 3.63) is 35.2 Å². The van der Waals surface area contributed by atoms with Crippen LogP contribution in [0.2, 0.25) is 0 Å². The topological polar surface area (TPSA) is 58.5 Å². The first-order chi connectivity index (χ1) is 12.2. The number of hydrogen-bond donors (Lipinski definition) is 2. The Morgan fingerprint density at radius 3 is 2.84 bits per heavy atom. The molecule has 5 nitrogen and oxygen atoms in total. The minimum absolute atomic E-state index is 0.364. The maximum atomic E-state index is 4.93. The summed E-state index contributed by atoms with van der Waals surface area (Å²) in [5, 5.41) is 17.5. The van der Waals surface area contributed by atoms with Crippen LogP contribution >= 0.6 is 0 Å². The summed E-state index contributed by atoms with van der Waals surface area (Å²) in [6, 6.07) is 7.00. The second-order valence-electron chi connectivity index (χ2n) is 7.79. The Bertz CT molecular complexity index is 929. The Labute approximate surface area is 147 Å². The molecule has 0 aliphatic heterocycles. The molecule has 130 valence electrons. The zero-order valence-corrected chi connectivity index (χ0v) is 15.0. The molecule has 2 N–H and O–H groups in total. The average molecular weight is 335 g/mol. The van der Waals surface area contributed by atoms with Crippen molar-refractivity contribution in [2.45, 2.75) is 64.3 Å². The first-order valence-corrected chi connectivity index (χ1v) is 9.56. The number of H-pyrrole nitrogens is 1. The van der Waals surface area contributed by atoms with Crippen molar-refractivity contribution in [1.29, 1.82) is 0 Å². The van der Waals surface area contributed by atoms with Gasteiger partial charge in [0.2, 0.25) is 0 Å². The molecule has 2 aromatic heterocycles. The highest BCUT2D eigenvalue weighted by Gasteiger charge is 2.29. The SMILES string of the molecule is CC(C)n1nc(C2CC2)c2ccc(Nc3n[nH]c4c3CCCC4)cc21. The van der Waals surface area contributed by atoms with E-state index in [1.165, 1.54) is 53.5 Å². The van der Waals surface area contributed by atoms with Gasteiger partial charge in [-0.25, -0.2) is 0 Å². The summed E-state index contributed by atoms with van der Waals surface area (Å²) in [5.41, 5.74) is 6.27. The van der Waals surface area contributed by atoms with Crippen molar-refractivity contribution >= 4 is 22.4 Å². The van der Waals surface area contributed by atoms with Gasteiger partial charge in [-0.3, -0.25) is 9.78 Å². The molecule has 0 amide bonds. The number of rotatable bonds is 4. The van der Waals surface area contributed by atoms with Crippen LogP contribution in [0.15, 0.2) is 18.2 Å². The number of aryl methyl sites for hydroxylation is 1. The molecule has 0 unspecified atom stereocenters. The van der Waals surface area contributed by atoms with Crippen LogP contribution in [-0.2, 0) is 12.8 Å². The van der Waals surface area contributed by atoms with E-state index in [0.717, 1.165) is 24.3 Å². The molecule has 0 spiro atoms. The van der Waals surface area contributed by atoms with E-state index >= 15 is 0 Å². The van der Waals surface area contributed by atoms with Gasteiger partial charge >= 0.3 is 0 Å². The molecule has 3 aromatic rings. The third kappa shape index (κ3) is 2.53. The maximum absolute atomic E-state index is 4.93. The highest BCUT2D eigenvalue weighted by Crippen LogP contribution is 2.43. The fourth-order valence-corrected chi connectivity index (χ4v) is 4.01. The van der Waals surface area contributed by atoms with Gasteiger partial charge in [-0.15, -0.1) is 0 Å². The first kappa shape index (κ1) is 15.0. The van der Waals surface area contributed by atoms with E-state index in [2.05, 4.69) is 52.2 Å². The van der Waals surface area contributed by atoms with Crippen LogP contribution in [0.25, 0.3) is 10.9 Å². The van der Waals surface area contributed by atoms with Gasteiger partial charge in [-0.1, -0.05) is 0 Å². The van der Waals surface area contributed by atoms with Crippen LogP contribution in [0.5, 0.6) is 0 Å². The molecule has 1 fully saturated rings. The van der Waals surface area contributed by atoms with Crippen LogP contribution in [0, 0.1) is 0 Å². The second-order valence-corrected chi connectivity index (χ2v) is 7.79. The fourth-order valence-electron chi connectivity index (χ4n) is 4.01. The predicted molar refractivity (Wildman–Crippen MR) is 101 cm³/mol. The van der Waals surface area contributed by atoms with E-state index in [0.29, 0.717) is 12.0 Å². The number of aromatic amines is 1. The van der Waals surface area contributed by atoms with Crippen molar-refractivity contribution in [2.75, 3.05) is 5.32 Å². The molecule has 0 saturated heterocycles. The molecule has 0 radical (unpaired) electrons. The third-order valence-corrected chi connectivity index (χ3v) is 5.51. The van der Waals surface area contributed by atoms with Crippen molar-refractivity contribution in [2.24, 2.45) is 0 Å². The summed E-state index contributed by atoms with van der Waals surface area (Å²) >= 11 is 0. The quantitative estimate of drug-likeness (QED) is 0.717. The maximum Gasteiger partial charge on any atom is 0.155 e. The first-order valence-electron chi connectivity index (χ1n) is 9.56. The molecule has 2 heterocycles. The Morgan fingerprint density at radius 1 is 1.20 bits per heavy atom. The lowest BCUT2D eigenvalue weighted by Crippen LogP contribution is -2.04. The number of fused-ring (bicyclic) bond motifs is 2. The number of hydrogen-bond acceptors (Lipinski definition) is 3. The summed E-state index contributed by atoms with van der Waals surface area (Å²) in [6.45, 7) is 4.40. The van der Waals surface area contributed by atoms with Gasteiger partial charge in [-0.05, 0) is 70.6 Å².